The van der Waals surface area contributed by atoms with E-state index in [0.29, 0.717) is 11.8 Å². The van der Waals surface area contributed by atoms with E-state index in [1.54, 1.807) is 18.2 Å². The predicted molar refractivity (Wildman–Crippen MR) is 92.0 cm³/mol. The molecule has 0 aliphatic carbocycles. The third kappa shape index (κ3) is 3.91. The lowest BCUT2D eigenvalue weighted by Crippen LogP contribution is -2.20. The Morgan fingerprint density at radius 3 is 2.52 bits per heavy atom. The van der Waals surface area contributed by atoms with E-state index in [9.17, 15) is 22.4 Å². The molecule has 2 heterocycles. The molecule has 0 fully saturated rings. The minimum absolute atomic E-state index is 0.0160. The summed E-state index contributed by atoms with van der Waals surface area (Å²) >= 11 is 0. The second-order valence-electron chi connectivity index (χ2n) is 6.10. The fourth-order valence-electron chi connectivity index (χ4n) is 2.86. The largest absolute Gasteiger partial charge is 0.324 e. The number of pyridine rings is 1. The first-order chi connectivity index (χ1) is 12.8. The van der Waals surface area contributed by atoms with Gasteiger partial charge in [-0.15, -0.1) is 0 Å². The van der Waals surface area contributed by atoms with E-state index in [1.807, 2.05) is 13.0 Å². The maximum Gasteiger partial charge on any atom is 0.280 e. The van der Waals surface area contributed by atoms with Crippen LogP contribution in [0.2, 0.25) is 0 Å². The molecule has 0 bridgehead atoms. The van der Waals surface area contributed by atoms with Crippen molar-refractivity contribution in [2.75, 3.05) is 5.32 Å². The molecular weight excluding hydrogens is 364 g/mol. The van der Waals surface area contributed by atoms with Gasteiger partial charge in [0.2, 0.25) is 5.91 Å². The average Bonchev–Trinajstić information content (AvgIpc) is 2.89. The first kappa shape index (κ1) is 18.8. The van der Waals surface area contributed by atoms with E-state index in [2.05, 4.69) is 15.4 Å². The topological polar surface area (TPSA) is 59.8 Å². The van der Waals surface area contributed by atoms with Crippen LogP contribution >= 0.6 is 0 Å². The van der Waals surface area contributed by atoms with Crippen molar-refractivity contribution >= 4 is 22.6 Å². The van der Waals surface area contributed by atoms with Crippen molar-refractivity contribution < 1.29 is 22.4 Å². The van der Waals surface area contributed by atoms with Crippen molar-refractivity contribution in [1.82, 2.24) is 14.8 Å². The minimum Gasteiger partial charge on any atom is -0.324 e. The molecule has 0 aliphatic heterocycles. The molecule has 0 spiro atoms. The van der Waals surface area contributed by atoms with Gasteiger partial charge in [-0.3, -0.25) is 4.79 Å². The Morgan fingerprint density at radius 1 is 1.15 bits per heavy atom. The summed E-state index contributed by atoms with van der Waals surface area (Å²) in [4.78, 5) is 16.0. The van der Waals surface area contributed by atoms with Gasteiger partial charge in [0.15, 0.2) is 5.65 Å². The normalized spacial score (nSPS) is 11.6. The Hall–Kier alpha value is -2.97. The summed E-state index contributed by atoms with van der Waals surface area (Å²) < 4.78 is 53.8. The zero-order chi connectivity index (χ0) is 19.7. The monoisotopic (exact) mass is 380 g/mol. The first-order valence-electron chi connectivity index (χ1n) is 8.07. The van der Waals surface area contributed by atoms with Crippen molar-refractivity contribution in [3.8, 4) is 0 Å². The van der Waals surface area contributed by atoms with Crippen molar-refractivity contribution in [3.05, 3.63) is 52.8 Å². The van der Waals surface area contributed by atoms with E-state index in [0.717, 1.165) is 10.2 Å². The summed E-state index contributed by atoms with van der Waals surface area (Å²) in [5, 5.41) is 6.69. The van der Waals surface area contributed by atoms with Crippen LogP contribution in [-0.4, -0.2) is 20.7 Å². The zero-order valence-electron chi connectivity index (χ0n) is 14.5. The van der Waals surface area contributed by atoms with Crippen LogP contribution in [0.3, 0.4) is 0 Å². The van der Waals surface area contributed by atoms with Crippen LogP contribution < -0.4 is 5.32 Å². The lowest BCUT2D eigenvalue weighted by atomic mass is 10.1. The molecule has 142 valence electrons. The number of rotatable bonds is 5. The maximum atomic E-state index is 13.3. The fraction of sp³-hybridized carbons (Fsp3) is 0.278. The summed E-state index contributed by atoms with van der Waals surface area (Å²) in [6.45, 7) is 2.98. The van der Waals surface area contributed by atoms with Gasteiger partial charge in [0, 0.05) is 11.3 Å². The second-order valence-corrected chi connectivity index (χ2v) is 6.10. The predicted octanol–water partition coefficient (Wildman–Crippen LogP) is 4.56. The van der Waals surface area contributed by atoms with Gasteiger partial charge >= 0.3 is 0 Å². The first-order valence-corrected chi connectivity index (χ1v) is 8.07. The number of amides is 1. The average molecular weight is 380 g/mol. The summed E-state index contributed by atoms with van der Waals surface area (Å²) in [5.74, 6) is -0.479. The van der Waals surface area contributed by atoms with Gasteiger partial charge in [-0.05, 0) is 37.6 Å². The van der Waals surface area contributed by atoms with Gasteiger partial charge < -0.3 is 5.32 Å². The van der Waals surface area contributed by atoms with Gasteiger partial charge in [-0.2, -0.15) is 5.10 Å². The number of hydrogen-bond acceptors (Lipinski definition) is 3. The Balaban J connectivity index is 1.98. The molecular formula is C18H16F4N4O. The van der Waals surface area contributed by atoms with Crippen LogP contribution in [-0.2, 0) is 11.3 Å². The van der Waals surface area contributed by atoms with Gasteiger partial charge in [-0.1, -0.05) is 12.1 Å². The number of benzene rings is 1. The molecule has 3 rings (SSSR count). The van der Waals surface area contributed by atoms with Crippen LogP contribution in [0.4, 0.5) is 23.2 Å². The number of anilines is 1. The van der Waals surface area contributed by atoms with Gasteiger partial charge in [0.25, 0.3) is 12.9 Å². The van der Waals surface area contributed by atoms with E-state index in [-0.39, 0.29) is 23.3 Å². The summed E-state index contributed by atoms with van der Waals surface area (Å²) in [6.07, 6.45) is -5.98. The quantitative estimate of drug-likeness (QED) is 0.660. The number of halogens is 4. The Labute approximate surface area is 152 Å². The molecule has 3 aromatic rings. The van der Waals surface area contributed by atoms with Crippen LogP contribution in [0, 0.1) is 13.8 Å². The third-order valence-electron chi connectivity index (χ3n) is 3.98. The highest BCUT2D eigenvalue weighted by Gasteiger charge is 2.23. The number of carbonyl (C=O) groups is 1. The second kappa shape index (κ2) is 7.34. The van der Waals surface area contributed by atoms with E-state index in [1.165, 1.54) is 6.92 Å². The van der Waals surface area contributed by atoms with Crippen molar-refractivity contribution in [2.24, 2.45) is 0 Å². The van der Waals surface area contributed by atoms with Gasteiger partial charge in [-0.25, -0.2) is 27.2 Å². The Morgan fingerprint density at radius 2 is 1.89 bits per heavy atom. The van der Waals surface area contributed by atoms with Gasteiger partial charge in [0.1, 0.15) is 12.2 Å². The number of nitrogens with one attached hydrogen (secondary N) is 1. The molecule has 2 aromatic heterocycles. The molecule has 1 aromatic carbocycles. The number of carbonyl (C=O) groups excluding carboxylic acids is 1. The molecule has 0 unspecified atom stereocenters. The fourth-order valence-corrected chi connectivity index (χ4v) is 2.86. The summed E-state index contributed by atoms with van der Waals surface area (Å²) in [5.41, 5.74) is 0.175. The van der Waals surface area contributed by atoms with E-state index in [4.69, 9.17) is 0 Å². The third-order valence-corrected chi connectivity index (χ3v) is 3.98. The number of fused-ring (bicyclic) bond motifs is 1. The SMILES string of the molecule is Cc1cccc(NC(=O)Cn2nc(C)c3c(C(F)F)cc(C(F)F)nc32)c1. The van der Waals surface area contributed by atoms with Crippen LogP contribution in [0.15, 0.2) is 30.3 Å². The number of alkyl halides is 4. The molecule has 0 saturated carbocycles. The standard InChI is InChI=1S/C18H16F4N4O/c1-9-4-3-5-11(6-9)23-14(27)8-26-18-15(10(2)25-26)12(16(19)20)7-13(24-18)17(21)22/h3-7,16-17H,8H2,1-2H3,(H,23,27). The van der Waals surface area contributed by atoms with Crippen LogP contribution in [0.1, 0.15) is 35.4 Å². The maximum absolute atomic E-state index is 13.3. The minimum atomic E-state index is -3.02. The molecule has 1 amide bonds. The molecule has 0 atom stereocenters. The summed E-state index contributed by atoms with van der Waals surface area (Å²) in [6, 6.07) is 7.76. The Kier molecular flexibility index (Phi) is 5.11. The number of aryl methyl sites for hydroxylation is 2. The smallest absolute Gasteiger partial charge is 0.280 e. The molecule has 1 N–H and O–H groups in total. The van der Waals surface area contributed by atoms with E-state index < -0.39 is 30.0 Å². The van der Waals surface area contributed by atoms with Crippen molar-refractivity contribution in [1.29, 1.82) is 0 Å². The Bertz CT molecular complexity index is 1000. The van der Waals surface area contributed by atoms with Crippen molar-refractivity contribution in [3.63, 3.8) is 0 Å². The zero-order valence-corrected chi connectivity index (χ0v) is 14.5. The molecule has 0 aliphatic rings. The molecule has 0 radical (unpaired) electrons. The molecule has 5 nitrogen and oxygen atoms in total. The van der Waals surface area contributed by atoms with E-state index >= 15 is 0 Å². The molecule has 27 heavy (non-hydrogen) atoms. The van der Waals surface area contributed by atoms with Crippen LogP contribution in [0.5, 0.6) is 0 Å². The number of hydrogen-bond donors (Lipinski definition) is 1. The highest BCUT2D eigenvalue weighted by atomic mass is 19.3. The number of aromatic nitrogens is 3. The highest BCUT2D eigenvalue weighted by Crippen LogP contribution is 2.32. The lowest BCUT2D eigenvalue weighted by molar-refractivity contribution is -0.116. The van der Waals surface area contributed by atoms with Gasteiger partial charge in [0.05, 0.1) is 11.1 Å². The number of nitrogens with zero attached hydrogens (tertiary/aromatic N) is 3. The molecule has 9 heteroatoms. The van der Waals surface area contributed by atoms with Crippen molar-refractivity contribution in [2.45, 2.75) is 33.2 Å². The highest BCUT2D eigenvalue weighted by molar-refractivity contribution is 5.92. The van der Waals surface area contributed by atoms with Crippen LogP contribution in [0.25, 0.3) is 11.0 Å². The summed E-state index contributed by atoms with van der Waals surface area (Å²) in [7, 11) is 0. The lowest BCUT2D eigenvalue weighted by Gasteiger charge is -2.09. The molecule has 0 saturated heterocycles.